The molecule has 0 spiro atoms. The minimum atomic E-state index is -0.415. The van der Waals surface area contributed by atoms with Crippen molar-refractivity contribution < 1.29 is 19.2 Å². The number of hydrogen-bond acceptors (Lipinski definition) is 6. The van der Waals surface area contributed by atoms with Crippen molar-refractivity contribution in [3.05, 3.63) is 34.9 Å². The van der Waals surface area contributed by atoms with Gasteiger partial charge in [0, 0.05) is 56.2 Å². The van der Waals surface area contributed by atoms with Gasteiger partial charge in [0.25, 0.3) is 0 Å². The molecule has 8 heteroatoms. The summed E-state index contributed by atoms with van der Waals surface area (Å²) in [6, 6.07) is 5.83. The molecule has 2 amide bonds. The molecule has 0 saturated heterocycles. The molecule has 1 atom stereocenters. The molecule has 3 N–H and O–H groups in total. The standard InChI is InChI=1S/C26H36N4O4/c1-27-26(34)13-12-25(18-32)30(2)16-22-15-20(6-7-21(22)17-31)5-3-4-14-28-23-8-10-24(11-9-23)29-19-33/h6-7,15,17-19,23-25,28H,4,8-14,16H2,1-2H3,(H,27,34)(H,29,33)/t23-,24+,25?. The third-order valence-corrected chi connectivity index (χ3v) is 6.31. The smallest absolute Gasteiger partial charge is 0.219 e. The maximum Gasteiger partial charge on any atom is 0.219 e. The highest BCUT2D eigenvalue weighted by Crippen LogP contribution is 2.18. The molecule has 2 rings (SSSR count). The van der Waals surface area contributed by atoms with Crippen molar-refractivity contribution in [1.82, 2.24) is 20.9 Å². The molecule has 1 aromatic carbocycles. The van der Waals surface area contributed by atoms with Gasteiger partial charge in [0.1, 0.15) is 12.6 Å². The van der Waals surface area contributed by atoms with Crippen LogP contribution in [0.25, 0.3) is 0 Å². The van der Waals surface area contributed by atoms with Crippen molar-refractivity contribution in [3.8, 4) is 11.8 Å². The lowest BCUT2D eigenvalue weighted by Gasteiger charge is -2.28. The van der Waals surface area contributed by atoms with Gasteiger partial charge in [-0.25, -0.2) is 0 Å². The first-order valence-electron chi connectivity index (χ1n) is 11.9. The van der Waals surface area contributed by atoms with Gasteiger partial charge in [-0.3, -0.25) is 19.3 Å². The molecular weight excluding hydrogens is 432 g/mol. The Hall–Kier alpha value is -3.02. The monoisotopic (exact) mass is 468 g/mol. The van der Waals surface area contributed by atoms with Gasteiger partial charge >= 0.3 is 0 Å². The summed E-state index contributed by atoms with van der Waals surface area (Å²) in [5, 5.41) is 8.95. The molecule has 1 saturated carbocycles. The Bertz CT molecular complexity index is 885. The van der Waals surface area contributed by atoms with Gasteiger partial charge in [-0.1, -0.05) is 17.9 Å². The molecule has 0 aliphatic heterocycles. The normalized spacial score (nSPS) is 18.3. The van der Waals surface area contributed by atoms with Crippen molar-refractivity contribution in [1.29, 1.82) is 0 Å². The van der Waals surface area contributed by atoms with E-state index in [4.69, 9.17) is 0 Å². The van der Waals surface area contributed by atoms with Crippen LogP contribution >= 0.6 is 0 Å². The van der Waals surface area contributed by atoms with Gasteiger partial charge < -0.3 is 20.7 Å². The summed E-state index contributed by atoms with van der Waals surface area (Å²) < 4.78 is 0. The highest BCUT2D eigenvalue weighted by Gasteiger charge is 2.20. The molecule has 1 aliphatic rings. The molecule has 8 nitrogen and oxygen atoms in total. The van der Waals surface area contributed by atoms with Gasteiger partial charge in [0.2, 0.25) is 12.3 Å². The number of likely N-dealkylation sites (N-methyl/N-ethyl adjacent to an activating group) is 1. The second kappa shape index (κ2) is 15.0. The van der Waals surface area contributed by atoms with Crippen molar-refractivity contribution in [3.63, 3.8) is 0 Å². The van der Waals surface area contributed by atoms with E-state index in [1.54, 1.807) is 13.1 Å². The lowest BCUT2D eigenvalue weighted by molar-refractivity contribution is -0.121. The second-order valence-corrected chi connectivity index (χ2v) is 8.70. The van der Waals surface area contributed by atoms with Crippen LogP contribution in [0.3, 0.4) is 0 Å². The minimum Gasteiger partial charge on any atom is -0.359 e. The van der Waals surface area contributed by atoms with E-state index in [2.05, 4.69) is 27.8 Å². The van der Waals surface area contributed by atoms with Gasteiger partial charge in [0.05, 0.1) is 6.04 Å². The maximum atomic E-state index is 11.5. The van der Waals surface area contributed by atoms with Crippen LogP contribution in [-0.4, -0.2) is 68.6 Å². The lowest BCUT2D eigenvalue weighted by atomic mass is 9.91. The fraction of sp³-hybridized carbons (Fsp3) is 0.538. The zero-order chi connectivity index (χ0) is 24.8. The van der Waals surface area contributed by atoms with Crippen molar-refractivity contribution in [2.45, 2.75) is 69.6 Å². The van der Waals surface area contributed by atoms with Gasteiger partial charge in [-0.15, -0.1) is 0 Å². The van der Waals surface area contributed by atoms with E-state index in [1.807, 2.05) is 24.1 Å². The molecule has 0 heterocycles. The predicted octanol–water partition coefficient (Wildman–Crippen LogP) is 1.41. The lowest BCUT2D eigenvalue weighted by Crippen LogP contribution is -2.39. The fourth-order valence-corrected chi connectivity index (χ4v) is 4.18. The number of amides is 2. The van der Waals surface area contributed by atoms with Crippen LogP contribution in [0.1, 0.15) is 66.4 Å². The average molecular weight is 469 g/mol. The molecule has 34 heavy (non-hydrogen) atoms. The van der Waals surface area contributed by atoms with Crippen LogP contribution in [-0.2, 0) is 20.9 Å². The van der Waals surface area contributed by atoms with E-state index in [1.165, 1.54) is 0 Å². The summed E-state index contributed by atoms with van der Waals surface area (Å²) in [6.07, 6.45) is 7.92. The Morgan fingerprint density at radius 3 is 2.56 bits per heavy atom. The summed E-state index contributed by atoms with van der Waals surface area (Å²) in [4.78, 5) is 46.9. The topological polar surface area (TPSA) is 108 Å². The highest BCUT2D eigenvalue weighted by atomic mass is 16.1. The zero-order valence-corrected chi connectivity index (χ0v) is 20.1. The Balaban J connectivity index is 1.88. The minimum absolute atomic E-state index is 0.108. The molecule has 184 valence electrons. The SMILES string of the molecule is CNC(=O)CCC(C=O)N(C)Cc1cc(C#CCCN[C@H]2CC[C@@H](NC=O)CC2)ccc1C=O. The first kappa shape index (κ1) is 27.2. The summed E-state index contributed by atoms with van der Waals surface area (Å²) in [5.41, 5.74) is 2.19. The van der Waals surface area contributed by atoms with Crippen LogP contribution in [0.15, 0.2) is 18.2 Å². The maximum absolute atomic E-state index is 11.5. The van der Waals surface area contributed by atoms with E-state index < -0.39 is 6.04 Å². The number of rotatable bonds is 13. The van der Waals surface area contributed by atoms with Crippen molar-refractivity contribution in [2.24, 2.45) is 0 Å². The van der Waals surface area contributed by atoms with Crippen LogP contribution in [0, 0.1) is 11.8 Å². The third kappa shape index (κ3) is 9.08. The summed E-state index contributed by atoms with van der Waals surface area (Å²) in [6.45, 7) is 1.21. The van der Waals surface area contributed by atoms with Crippen LogP contribution in [0.5, 0.6) is 0 Å². The van der Waals surface area contributed by atoms with Gasteiger partial charge in [-0.2, -0.15) is 0 Å². The molecule has 1 fully saturated rings. The Labute approximate surface area is 202 Å². The number of hydrogen-bond donors (Lipinski definition) is 3. The van der Waals surface area contributed by atoms with Crippen LogP contribution in [0.2, 0.25) is 0 Å². The highest BCUT2D eigenvalue weighted by molar-refractivity contribution is 5.78. The quantitative estimate of drug-likeness (QED) is 0.230. The summed E-state index contributed by atoms with van der Waals surface area (Å²) in [7, 11) is 3.38. The summed E-state index contributed by atoms with van der Waals surface area (Å²) >= 11 is 0. The predicted molar refractivity (Wildman–Crippen MR) is 131 cm³/mol. The number of nitrogens with zero attached hydrogens (tertiary/aromatic N) is 1. The Morgan fingerprint density at radius 1 is 1.18 bits per heavy atom. The second-order valence-electron chi connectivity index (χ2n) is 8.70. The zero-order valence-electron chi connectivity index (χ0n) is 20.1. The number of benzene rings is 1. The molecule has 0 radical (unpaired) electrons. The number of aldehydes is 2. The fourth-order valence-electron chi connectivity index (χ4n) is 4.18. The molecule has 1 aliphatic carbocycles. The van der Waals surface area contributed by atoms with Crippen molar-refractivity contribution in [2.75, 3.05) is 20.6 Å². The first-order chi connectivity index (χ1) is 16.5. The number of carbonyl (C=O) groups excluding carboxylic acids is 4. The van der Waals surface area contributed by atoms with E-state index in [9.17, 15) is 19.2 Å². The Morgan fingerprint density at radius 2 is 1.91 bits per heavy atom. The largest absolute Gasteiger partial charge is 0.359 e. The molecule has 1 unspecified atom stereocenters. The van der Waals surface area contributed by atoms with Gasteiger partial charge in [0.15, 0.2) is 0 Å². The van der Waals surface area contributed by atoms with Gasteiger partial charge in [-0.05, 0) is 56.8 Å². The van der Waals surface area contributed by atoms with Crippen molar-refractivity contribution >= 4 is 24.9 Å². The number of nitrogens with one attached hydrogen (secondary N) is 3. The Kier molecular flexibility index (Phi) is 12.0. The summed E-state index contributed by atoms with van der Waals surface area (Å²) in [5.74, 6) is 6.25. The van der Waals surface area contributed by atoms with E-state index in [0.717, 1.165) is 62.3 Å². The molecule has 1 aromatic rings. The number of carbonyl (C=O) groups is 4. The molecular formula is C26H36N4O4. The average Bonchev–Trinajstić information content (AvgIpc) is 2.85. The third-order valence-electron chi connectivity index (χ3n) is 6.31. The van der Waals surface area contributed by atoms with Crippen LogP contribution < -0.4 is 16.0 Å². The molecule has 0 bridgehead atoms. The van der Waals surface area contributed by atoms with E-state index in [-0.39, 0.29) is 12.3 Å². The van der Waals surface area contributed by atoms with E-state index in [0.29, 0.717) is 37.0 Å². The first-order valence-corrected chi connectivity index (χ1v) is 11.9. The van der Waals surface area contributed by atoms with Crippen LogP contribution in [0.4, 0.5) is 0 Å². The van der Waals surface area contributed by atoms with E-state index >= 15 is 0 Å². The molecule has 0 aromatic heterocycles.